The summed E-state index contributed by atoms with van der Waals surface area (Å²) in [5.41, 5.74) is 2.98. The summed E-state index contributed by atoms with van der Waals surface area (Å²) < 4.78 is 0. The molecular weight excluding hydrogens is 242 g/mol. The first-order valence-corrected chi connectivity index (χ1v) is 6.20. The lowest BCUT2D eigenvalue weighted by Crippen LogP contribution is -2.40. The number of rotatable bonds is 2. The van der Waals surface area contributed by atoms with Crippen LogP contribution in [0.1, 0.15) is 18.4 Å². The molecule has 1 unspecified atom stereocenters. The maximum Gasteiger partial charge on any atom is 0.305 e. The summed E-state index contributed by atoms with van der Waals surface area (Å²) >= 11 is 0. The molecule has 3 rings (SSSR count). The van der Waals surface area contributed by atoms with Crippen molar-refractivity contribution in [3.05, 3.63) is 36.2 Å². The van der Waals surface area contributed by atoms with Crippen molar-refractivity contribution < 1.29 is 9.90 Å². The molecule has 0 aliphatic carbocycles. The van der Waals surface area contributed by atoms with Gasteiger partial charge in [-0.05, 0) is 24.5 Å². The van der Waals surface area contributed by atoms with Crippen LogP contribution in [0.3, 0.4) is 0 Å². The van der Waals surface area contributed by atoms with Gasteiger partial charge in [-0.2, -0.15) is 5.26 Å². The number of benzene rings is 1. The summed E-state index contributed by atoms with van der Waals surface area (Å²) in [6.45, 7) is 0. The summed E-state index contributed by atoms with van der Waals surface area (Å²) in [4.78, 5) is 14.5. The minimum Gasteiger partial charge on any atom is -0.481 e. The summed E-state index contributed by atoms with van der Waals surface area (Å²) in [5.74, 6) is -0.790. The molecule has 1 atom stereocenters. The Bertz CT molecular complexity index is 603. The SMILES string of the molecule is N#CN1C=CN2c3c(cccc31)CCC2CC(=O)O. The quantitative estimate of drug-likeness (QED) is 0.819. The zero-order valence-electron chi connectivity index (χ0n) is 10.3. The van der Waals surface area contributed by atoms with Crippen LogP contribution >= 0.6 is 0 Å². The van der Waals surface area contributed by atoms with Gasteiger partial charge in [-0.1, -0.05) is 12.1 Å². The molecule has 0 saturated carbocycles. The van der Waals surface area contributed by atoms with Crippen molar-refractivity contribution in [3.63, 3.8) is 0 Å². The molecule has 0 bridgehead atoms. The fourth-order valence-corrected chi connectivity index (χ4v) is 2.82. The molecule has 96 valence electrons. The second-order valence-electron chi connectivity index (χ2n) is 4.75. The van der Waals surface area contributed by atoms with E-state index >= 15 is 0 Å². The Morgan fingerprint density at radius 3 is 3.05 bits per heavy atom. The van der Waals surface area contributed by atoms with Crippen LogP contribution in [0.25, 0.3) is 0 Å². The van der Waals surface area contributed by atoms with Crippen molar-refractivity contribution in [2.75, 3.05) is 9.80 Å². The van der Waals surface area contributed by atoms with Crippen LogP contribution in [0, 0.1) is 11.5 Å². The van der Waals surface area contributed by atoms with Crippen LogP contribution in [-0.4, -0.2) is 17.1 Å². The lowest BCUT2D eigenvalue weighted by molar-refractivity contribution is -0.137. The fourth-order valence-electron chi connectivity index (χ4n) is 2.82. The van der Waals surface area contributed by atoms with Crippen LogP contribution in [0.2, 0.25) is 0 Å². The highest BCUT2D eigenvalue weighted by atomic mass is 16.4. The van der Waals surface area contributed by atoms with Gasteiger partial charge in [-0.3, -0.25) is 9.69 Å². The number of hydrogen-bond donors (Lipinski definition) is 1. The highest BCUT2D eigenvalue weighted by Gasteiger charge is 2.31. The van der Waals surface area contributed by atoms with E-state index in [4.69, 9.17) is 10.4 Å². The average molecular weight is 255 g/mol. The zero-order valence-corrected chi connectivity index (χ0v) is 10.3. The summed E-state index contributed by atoms with van der Waals surface area (Å²) in [5, 5.41) is 18.1. The molecular formula is C14H13N3O2. The number of anilines is 2. The second kappa shape index (κ2) is 4.32. The molecule has 2 aliphatic rings. The van der Waals surface area contributed by atoms with Gasteiger partial charge in [-0.15, -0.1) is 0 Å². The van der Waals surface area contributed by atoms with Crippen molar-refractivity contribution in [1.82, 2.24) is 0 Å². The molecule has 0 saturated heterocycles. The number of carboxylic acid groups (broad SMARTS) is 1. The number of carbonyl (C=O) groups is 1. The number of hydrogen-bond acceptors (Lipinski definition) is 4. The van der Waals surface area contributed by atoms with Gasteiger partial charge in [0, 0.05) is 18.4 Å². The highest BCUT2D eigenvalue weighted by Crippen LogP contribution is 2.42. The number of aryl methyl sites for hydroxylation is 1. The monoisotopic (exact) mass is 255 g/mol. The Morgan fingerprint density at radius 1 is 1.47 bits per heavy atom. The van der Waals surface area contributed by atoms with Crippen molar-refractivity contribution >= 4 is 17.3 Å². The normalized spacial score (nSPS) is 19.8. The van der Waals surface area contributed by atoms with Crippen LogP contribution in [0.5, 0.6) is 0 Å². The number of aliphatic carboxylic acids is 1. The van der Waals surface area contributed by atoms with Crippen molar-refractivity contribution in [1.29, 1.82) is 5.26 Å². The fraction of sp³-hybridized carbons (Fsp3) is 0.286. The van der Waals surface area contributed by atoms with Crippen molar-refractivity contribution in [2.24, 2.45) is 0 Å². The molecule has 1 N–H and O–H groups in total. The van der Waals surface area contributed by atoms with Crippen molar-refractivity contribution in [3.8, 4) is 6.19 Å². The van der Waals surface area contributed by atoms with Gasteiger partial charge < -0.3 is 10.0 Å². The first-order valence-electron chi connectivity index (χ1n) is 6.20. The molecule has 2 heterocycles. The molecule has 0 radical (unpaired) electrons. The maximum absolute atomic E-state index is 11.0. The molecule has 1 aromatic rings. The number of nitrogens with zero attached hydrogens (tertiary/aromatic N) is 3. The van der Waals surface area contributed by atoms with E-state index < -0.39 is 5.97 Å². The Morgan fingerprint density at radius 2 is 2.32 bits per heavy atom. The maximum atomic E-state index is 11.0. The Hall–Kier alpha value is -2.48. The summed E-state index contributed by atoms with van der Waals surface area (Å²) in [6.07, 6.45) is 7.40. The predicted molar refractivity (Wildman–Crippen MR) is 70.5 cm³/mol. The first kappa shape index (κ1) is 11.6. The van der Waals surface area contributed by atoms with Crippen LogP contribution in [0.4, 0.5) is 11.4 Å². The average Bonchev–Trinajstić information content (AvgIpc) is 2.41. The van der Waals surface area contributed by atoms with Gasteiger partial charge in [0.1, 0.15) is 0 Å². The molecule has 19 heavy (non-hydrogen) atoms. The highest BCUT2D eigenvalue weighted by molar-refractivity contribution is 5.82. The minimum atomic E-state index is -0.790. The standard InChI is InChI=1S/C14H13N3O2/c15-9-16-6-7-17-11(8-13(18)19)5-4-10-2-1-3-12(16)14(10)17/h1-3,6-7,11H,4-5,8H2,(H,18,19). The third-order valence-corrected chi connectivity index (χ3v) is 3.65. The van der Waals surface area contributed by atoms with Gasteiger partial charge in [0.05, 0.1) is 17.8 Å². The van der Waals surface area contributed by atoms with Crippen molar-refractivity contribution in [2.45, 2.75) is 25.3 Å². The smallest absolute Gasteiger partial charge is 0.305 e. The van der Waals surface area contributed by atoms with E-state index in [9.17, 15) is 4.79 Å². The van der Waals surface area contributed by atoms with Crippen LogP contribution in [-0.2, 0) is 11.2 Å². The predicted octanol–water partition coefficient (Wildman–Crippen LogP) is 2.05. The molecule has 0 aromatic heterocycles. The van der Waals surface area contributed by atoms with E-state index in [1.807, 2.05) is 29.3 Å². The third kappa shape index (κ3) is 1.82. The summed E-state index contributed by atoms with van der Waals surface area (Å²) in [6, 6.07) is 5.83. The first-order chi connectivity index (χ1) is 9.20. The van der Waals surface area contributed by atoms with Gasteiger partial charge in [0.2, 0.25) is 0 Å². The van der Waals surface area contributed by atoms with Crippen LogP contribution < -0.4 is 9.80 Å². The molecule has 2 aliphatic heterocycles. The lowest BCUT2D eigenvalue weighted by atomic mass is 9.92. The minimum absolute atomic E-state index is 0.0387. The topological polar surface area (TPSA) is 67.6 Å². The number of carboxylic acids is 1. The van der Waals surface area contributed by atoms with Crippen LogP contribution in [0.15, 0.2) is 30.6 Å². The molecule has 5 heteroatoms. The number of nitriles is 1. The van der Waals surface area contributed by atoms with E-state index in [2.05, 4.69) is 6.19 Å². The molecule has 5 nitrogen and oxygen atoms in total. The molecule has 0 spiro atoms. The lowest BCUT2D eigenvalue weighted by Gasteiger charge is -2.40. The van der Waals surface area contributed by atoms with E-state index in [-0.39, 0.29) is 12.5 Å². The molecule has 0 amide bonds. The second-order valence-corrected chi connectivity index (χ2v) is 4.75. The molecule has 1 aromatic carbocycles. The summed E-state index contributed by atoms with van der Waals surface area (Å²) in [7, 11) is 0. The third-order valence-electron chi connectivity index (χ3n) is 3.65. The Kier molecular flexibility index (Phi) is 2.64. The Labute approximate surface area is 111 Å². The van der Waals surface area contributed by atoms with Gasteiger partial charge in [0.25, 0.3) is 0 Å². The van der Waals surface area contributed by atoms with Gasteiger partial charge in [-0.25, -0.2) is 0 Å². The molecule has 0 fully saturated rings. The van der Waals surface area contributed by atoms with Gasteiger partial charge >= 0.3 is 5.97 Å². The van der Waals surface area contributed by atoms with E-state index in [0.717, 1.165) is 24.2 Å². The largest absolute Gasteiger partial charge is 0.481 e. The van der Waals surface area contributed by atoms with E-state index in [1.165, 1.54) is 10.5 Å². The Balaban J connectivity index is 2.07. The zero-order chi connectivity index (χ0) is 13.4. The number of para-hydroxylation sites is 1. The van der Waals surface area contributed by atoms with Gasteiger partial charge in [0.15, 0.2) is 6.19 Å². The van der Waals surface area contributed by atoms with E-state index in [0.29, 0.717) is 0 Å². The van der Waals surface area contributed by atoms with E-state index in [1.54, 1.807) is 6.20 Å².